The summed E-state index contributed by atoms with van der Waals surface area (Å²) in [5.41, 5.74) is 2.29. The van der Waals surface area contributed by atoms with Crippen molar-refractivity contribution < 1.29 is 9.13 Å². The van der Waals surface area contributed by atoms with E-state index in [2.05, 4.69) is 32.2 Å². The van der Waals surface area contributed by atoms with Gasteiger partial charge in [-0.25, -0.2) is 9.37 Å². The zero-order chi connectivity index (χ0) is 19.1. The van der Waals surface area contributed by atoms with Crippen LogP contribution in [0.25, 0.3) is 0 Å². The van der Waals surface area contributed by atoms with Gasteiger partial charge in [-0.3, -0.25) is 0 Å². The molecule has 2 aromatic rings. The molecular weight excluding hydrogens is 343 g/mol. The summed E-state index contributed by atoms with van der Waals surface area (Å²) in [5, 5.41) is 3.55. The highest BCUT2D eigenvalue weighted by Gasteiger charge is 2.22. The summed E-state index contributed by atoms with van der Waals surface area (Å²) < 4.78 is 18.2. The molecule has 0 amide bonds. The minimum atomic E-state index is -0.180. The van der Waals surface area contributed by atoms with Crippen LogP contribution in [-0.4, -0.2) is 51.9 Å². The van der Waals surface area contributed by atoms with Gasteiger partial charge in [-0.1, -0.05) is 6.07 Å². The zero-order valence-electron chi connectivity index (χ0n) is 16.2. The van der Waals surface area contributed by atoms with Gasteiger partial charge in [0.25, 0.3) is 0 Å². The summed E-state index contributed by atoms with van der Waals surface area (Å²) in [5.74, 6) is 1.39. The van der Waals surface area contributed by atoms with Crippen LogP contribution in [-0.2, 0) is 11.3 Å². The lowest BCUT2D eigenvalue weighted by molar-refractivity contribution is 0.206. The van der Waals surface area contributed by atoms with E-state index in [0.717, 1.165) is 50.6 Å². The van der Waals surface area contributed by atoms with Gasteiger partial charge in [-0.05, 0) is 48.2 Å². The number of pyridine rings is 1. The van der Waals surface area contributed by atoms with E-state index in [1.54, 1.807) is 7.11 Å². The molecule has 146 valence electrons. The molecule has 1 saturated heterocycles. The molecule has 0 unspecified atom stereocenters. The molecule has 0 spiro atoms. The third-order valence-electron chi connectivity index (χ3n) is 5.07. The Balaban J connectivity index is 1.40. The minimum Gasteiger partial charge on any atom is -0.383 e. The molecule has 1 aliphatic rings. The predicted molar refractivity (Wildman–Crippen MR) is 108 cm³/mol. The summed E-state index contributed by atoms with van der Waals surface area (Å²) in [6.07, 6.45) is 3.09. The molecule has 5 nitrogen and oxygen atoms in total. The van der Waals surface area contributed by atoms with E-state index in [1.807, 2.05) is 25.4 Å². The van der Waals surface area contributed by atoms with Gasteiger partial charge in [-0.15, -0.1) is 0 Å². The molecule has 6 heteroatoms. The maximum absolute atomic E-state index is 13.1. The molecule has 1 atom stereocenters. The Morgan fingerprint density at radius 3 is 2.78 bits per heavy atom. The fourth-order valence-corrected chi connectivity index (χ4v) is 3.40. The lowest BCUT2D eigenvalue weighted by Crippen LogP contribution is -2.26. The van der Waals surface area contributed by atoms with Crippen LogP contribution in [0.15, 0.2) is 42.6 Å². The Kier molecular flexibility index (Phi) is 7.01. The van der Waals surface area contributed by atoms with Gasteiger partial charge in [0.15, 0.2) is 0 Å². The van der Waals surface area contributed by atoms with Gasteiger partial charge in [0.05, 0.1) is 6.61 Å². The summed E-state index contributed by atoms with van der Waals surface area (Å²) in [4.78, 5) is 8.95. The lowest BCUT2D eigenvalue weighted by Gasteiger charge is -2.19. The third-order valence-corrected chi connectivity index (χ3v) is 5.07. The van der Waals surface area contributed by atoms with Gasteiger partial charge in [0.2, 0.25) is 0 Å². The van der Waals surface area contributed by atoms with Crippen molar-refractivity contribution in [3.8, 4) is 0 Å². The molecule has 0 saturated carbocycles. The van der Waals surface area contributed by atoms with Crippen LogP contribution in [0.5, 0.6) is 0 Å². The number of nitrogens with zero attached hydrogens (tertiary/aromatic N) is 3. The maximum Gasteiger partial charge on any atom is 0.128 e. The number of likely N-dealkylation sites (N-methyl/N-ethyl adjacent to an activating group) is 1. The second kappa shape index (κ2) is 9.67. The van der Waals surface area contributed by atoms with Gasteiger partial charge in [0.1, 0.15) is 11.6 Å². The van der Waals surface area contributed by atoms with Crippen molar-refractivity contribution in [3.63, 3.8) is 0 Å². The number of hydrogen-bond acceptors (Lipinski definition) is 5. The Labute approximate surface area is 161 Å². The number of hydrogen-bond donors (Lipinski definition) is 1. The summed E-state index contributed by atoms with van der Waals surface area (Å²) in [7, 11) is 3.73. The van der Waals surface area contributed by atoms with Crippen molar-refractivity contribution in [1.29, 1.82) is 0 Å². The van der Waals surface area contributed by atoms with Gasteiger partial charge in [0, 0.05) is 58.8 Å². The predicted octanol–water partition coefficient (Wildman–Crippen LogP) is 2.92. The summed E-state index contributed by atoms with van der Waals surface area (Å²) >= 11 is 0. The molecule has 2 heterocycles. The number of halogens is 1. The monoisotopic (exact) mass is 372 g/mol. The normalized spacial score (nSPS) is 16.7. The average Bonchev–Trinajstić information content (AvgIpc) is 3.16. The molecule has 0 bridgehead atoms. The van der Waals surface area contributed by atoms with Crippen LogP contribution < -0.4 is 15.1 Å². The van der Waals surface area contributed by atoms with Crippen molar-refractivity contribution in [2.24, 2.45) is 5.92 Å². The number of methoxy groups -OCH3 is 1. The molecule has 1 aromatic carbocycles. The molecule has 1 fully saturated rings. The second-order valence-corrected chi connectivity index (χ2v) is 7.15. The first kappa shape index (κ1) is 19.6. The Morgan fingerprint density at radius 2 is 2.07 bits per heavy atom. The van der Waals surface area contributed by atoms with Crippen LogP contribution in [0.4, 0.5) is 15.9 Å². The van der Waals surface area contributed by atoms with E-state index >= 15 is 0 Å². The highest BCUT2D eigenvalue weighted by molar-refractivity contribution is 5.47. The fourth-order valence-electron chi connectivity index (χ4n) is 3.40. The first-order valence-corrected chi connectivity index (χ1v) is 9.52. The van der Waals surface area contributed by atoms with E-state index in [1.165, 1.54) is 17.7 Å². The smallest absolute Gasteiger partial charge is 0.128 e. The number of aromatic nitrogens is 1. The van der Waals surface area contributed by atoms with Crippen molar-refractivity contribution in [3.05, 3.63) is 54.0 Å². The van der Waals surface area contributed by atoms with Crippen molar-refractivity contribution in [2.75, 3.05) is 56.7 Å². The molecule has 27 heavy (non-hydrogen) atoms. The number of benzene rings is 1. The van der Waals surface area contributed by atoms with E-state index in [-0.39, 0.29) is 5.82 Å². The van der Waals surface area contributed by atoms with Gasteiger partial charge < -0.3 is 19.9 Å². The van der Waals surface area contributed by atoms with Crippen LogP contribution in [0, 0.1) is 11.7 Å². The van der Waals surface area contributed by atoms with Crippen LogP contribution in [0.2, 0.25) is 0 Å². The average molecular weight is 372 g/mol. The Hall–Kier alpha value is -2.18. The first-order valence-electron chi connectivity index (χ1n) is 9.52. The standard InChI is InChI=1S/C21H29FN4O/c1-25(11-12-27-2)21-8-3-17(15-24-21)13-23-14-18-9-10-26(16-18)20-6-4-19(22)5-7-20/h3-8,15,18,23H,9-14,16H2,1-2H3/t18-/m0/s1. The SMILES string of the molecule is COCCN(C)c1ccc(CNC[C@@H]2CCN(c3ccc(F)cc3)C2)cn1. The number of rotatable bonds is 9. The molecule has 1 aliphatic heterocycles. The van der Waals surface area contributed by atoms with Crippen molar-refractivity contribution >= 4 is 11.5 Å². The van der Waals surface area contributed by atoms with E-state index in [9.17, 15) is 4.39 Å². The highest BCUT2D eigenvalue weighted by Crippen LogP contribution is 2.23. The number of anilines is 2. The largest absolute Gasteiger partial charge is 0.383 e. The summed E-state index contributed by atoms with van der Waals surface area (Å²) in [6.45, 7) is 5.36. The molecule has 0 aliphatic carbocycles. The Morgan fingerprint density at radius 1 is 1.26 bits per heavy atom. The van der Waals surface area contributed by atoms with Crippen LogP contribution in [0.3, 0.4) is 0 Å². The minimum absolute atomic E-state index is 0.180. The molecule has 3 rings (SSSR count). The Bertz CT molecular complexity index is 692. The highest BCUT2D eigenvalue weighted by atomic mass is 19.1. The van der Waals surface area contributed by atoms with Crippen molar-refractivity contribution in [1.82, 2.24) is 10.3 Å². The molecule has 1 N–H and O–H groups in total. The van der Waals surface area contributed by atoms with Crippen molar-refractivity contribution in [2.45, 2.75) is 13.0 Å². The maximum atomic E-state index is 13.1. The van der Waals surface area contributed by atoms with Crippen LogP contribution in [0.1, 0.15) is 12.0 Å². The van der Waals surface area contributed by atoms with Gasteiger partial charge >= 0.3 is 0 Å². The molecule has 1 aromatic heterocycles. The van der Waals surface area contributed by atoms with Gasteiger partial charge in [-0.2, -0.15) is 0 Å². The van der Waals surface area contributed by atoms with E-state index in [0.29, 0.717) is 12.5 Å². The van der Waals surface area contributed by atoms with Crippen LogP contribution >= 0.6 is 0 Å². The quantitative estimate of drug-likeness (QED) is 0.733. The molecular formula is C21H29FN4O. The van der Waals surface area contributed by atoms with E-state index in [4.69, 9.17) is 4.74 Å². The fraction of sp³-hybridized carbons (Fsp3) is 0.476. The first-order chi connectivity index (χ1) is 13.2. The number of nitrogens with one attached hydrogen (secondary N) is 1. The molecule has 0 radical (unpaired) electrons. The topological polar surface area (TPSA) is 40.6 Å². The third kappa shape index (κ3) is 5.65. The van der Waals surface area contributed by atoms with E-state index < -0.39 is 0 Å². The lowest BCUT2D eigenvalue weighted by atomic mass is 10.1. The second-order valence-electron chi connectivity index (χ2n) is 7.15. The summed E-state index contributed by atoms with van der Waals surface area (Å²) in [6, 6.07) is 11.0. The number of ether oxygens (including phenoxy) is 1. The zero-order valence-corrected chi connectivity index (χ0v) is 16.2.